The summed E-state index contributed by atoms with van der Waals surface area (Å²) in [4.78, 5) is 29.3. The van der Waals surface area contributed by atoms with Crippen LogP contribution in [-0.4, -0.2) is 64.6 Å². The van der Waals surface area contributed by atoms with Crippen molar-refractivity contribution in [2.75, 3.05) is 44.2 Å². The molecule has 0 radical (unpaired) electrons. The topological polar surface area (TPSA) is 47.1 Å². The van der Waals surface area contributed by atoms with Gasteiger partial charge in [-0.05, 0) is 38.1 Å². The third kappa shape index (κ3) is 3.80. The van der Waals surface area contributed by atoms with Gasteiger partial charge >= 0.3 is 0 Å². The van der Waals surface area contributed by atoms with E-state index in [1.54, 1.807) is 26.9 Å². The molecule has 2 fully saturated rings. The smallest absolute Gasteiger partial charge is 0.272 e. The molecule has 0 N–H and O–H groups in total. The van der Waals surface area contributed by atoms with E-state index in [0.717, 1.165) is 18.8 Å². The van der Waals surface area contributed by atoms with Gasteiger partial charge in [0.2, 0.25) is 0 Å². The van der Waals surface area contributed by atoms with E-state index in [0.29, 0.717) is 26.2 Å². The van der Waals surface area contributed by atoms with Gasteiger partial charge in [0, 0.05) is 51.2 Å². The van der Waals surface area contributed by atoms with Crippen molar-refractivity contribution in [3.05, 3.63) is 41.9 Å². The summed E-state index contributed by atoms with van der Waals surface area (Å²) in [5.74, 6) is -0.702. The monoisotopic (exact) mass is 378 g/mol. The summed E-state index contributed by atoms with van der Waals surface area (Å²) in [5, 5.41) is 0. The SMILES string of the molecule is CCN1SN(CC)C(=O)C(=CN2CCN(c3ccc(F)cc3)CC2)C1=O. The van der Waals surface area contributed by atoms with Crippen molar-refractivity contribution in [3.63, 3.8) is 0 Å². The molecular formula is C18H23FN4O2S. The molecule has 0 atom stereocenters. The van der Waals surface area contributed by atoms with Crippen molar-refractivity contribution < 1.29 is 14.0 Å². The zero-order valence-corrected chi connectivity index (χ0v) is 15.8. The summed E-state index contributed by atoms with van der Waals surface area (Å²) in [6.45, 7) is 7.79. The Morgan fingerprint density at radius 3 is 2.00 bits per heavy atom. The average molecular weight is 378 g/mol. The van der Waals surface area contributed by atoms with Crippen LogP contribution in [0.3, 0.4) is 0 Å². The van der Waals surface area contributed by atoms with E-state index >= 15 is 0 Å². The van der Waals surface area contributed by atoms with E-state index in [4.69, 9.17) is 0 Å². The average Bonchev–Trinajstić information content (AvgIpc) is 2.66. The van der Waals surface area contributed by atoms with Crippen LogP contribution in [0.1, 0.15) is 13.8 Å². The quantitative estimate of drug-likeness (QED) is 0.456. The molecule has 8 heteroatoms. The summed E-state index contributed by atoms with van der Waals surface area (Å²) in [7, 11) is 0. The Bertz CT molecular complexity index is 678. The molecule has 3 rings (SSSR count). The van der Waals surface area contributed by atoms with Crippen LogP contribution in [0.15, 0.2) is 36.0 Å². The van der Waals surface area contributed by atoms with Gasteiger partial charge in [-0.15, -0.1) is 0 Å². The van der Waals surface area contributed by atoms with Crippen molar-refractivity contribution in [1.29, 1.82) is 0 Å². The Balaban J connectivity index is 1.69. The van der Waals surface area contributed by atoms with E-state index in [9.17, 15) is 14.0 Å². The van der Waals surface area contributed by atoms with Crippen molar-refractivity contribution in [2.45, 2.75) is 13.8 Å². The number of likely N-dealkylation sites (N-methyl/N-ethyl adjacent to an activating group) is 2. The van der Waals surface area contributed by atoms with E-state index < -0.39 is 0 Å². The number of piperazine rings is 1. The van der Waals surface area contributed by atoms with Gasteiger partial charge in [-0.1, -0.05) is 0 Å². The molecule has 2 aliphatic rings. The zero-order valence-electron chi connectivity index (χ0n) is 15.0. The minimum absolute atomic E-state index is 0.225. The number of carbonyl (C=O) groups is 2. The van der Waals surface area contributed by atoms with Crippen LogP contribution in [0.4, 0.5) is 10.1 Å². The second-order valence-corrected chi connectivity index (χ2v) is 7.17. The van der Waals surface area contributed by atoms with Crippen LogP contribution < -0.4 is 4.90 Å². The molecule has 0 aromatic heterocycles. The highest BCUT2D eigenvalue weighted by Gasteiger charge is 2.35. The third-order valence-electron chi connectivity index (χ3n) is 4.50. The standard InChI is InChI=1S/C18H23FN4O2S/c1-3-22-17(24)16(18(25)23(4-2)26-22)13-20-9-11-21(12-10-20)15-7-5-14(19)6-8-15/h5-8,13H,3-4,9-12H2,1-2H3. The third-order valence-corrected chi connectivity index (χ3v) is 5.75. The first-order chi connectivity index (χ1) is 12.5. The Hall–Kier alpha value is -2.22. The van der Waals surface area contributed by atoms with Gasteiger partial charge in [0.05, 0.1) is 12.1 Å². The minimum atomic E-state index is -0.245. The minimum Gasteiger partial charge on any atom is -0.373 e. The fourth-order valence-electron chi connectivity index (χ4n) is 3.01. The molecule has 0 spiro atoms. The Kier molecular flexibility index (Phi) is 5.70. The largest absolute Gasteiger partial charge is 0.373 e. The van der Waals surface area contributed by atoms with Crippen LogP contribution in [0.5, 0.6) is 0 Å². The molecule has 6 nitrogen and oxygen atoms in total. The van der Waals surface area contributed by atoms with Crippen LogP contribution >= 0.6 is 12.1 Å². The lowest BCUT2D eigenvalue weighted by molar-refractivity contribution is -0.130. The maximum Gasteiger partial charge on any atom is 0.272 e. The molecule has 1 aromatic carbocycles. The Morgan fingerprint density at radius 1 is 0.962 bits per heavy atom. The second kappa shape index (κ2) is 7.99. The Morgan fingerprint density at radius 2 is 1.50 bits per heavy atom. The molecule has 26 heavy (non-hydrogen) atoms. The van der Waals surface area contributed by atoms with Crippen LogP contribution in [-0.2, 0) is 9.59 Å². The maximum absolute atomic E-state index is 13.1. The molecule has 0 aliphatic carbocycles. The van der Waals surface area contributed by atoms with Crippen LogP contribution in [0.2, 0.25) is 0 Å². The predicted molar refractivity (Wildman–Crippen MR) is 101 cm³/mol. The maximum atomic E-state index is 13.1. The molecule has 0 unspecified atom stereocenters. The second-order valence-electron chi connectivity index (χ2n) is 6.12. The molecule has 2 heterocycles. The summed E-state index contributed by atoms with van der Waals surface area (Å²) < 4.78 is 16.3. The van der Waals surface area contributed by atoms with Crippen molar-refractivity contribution in [3.8, 4) is 0 Å². The zero-order chi connectivity index (χ0) is 18.7. The normalized spacial score (nSPS) is 18.7. The Labute approximate surface area is 157 Å². The van der Waals surface area contributed by atoms with E-state index in [2.05, 4.69) is 4.90 Å². The van der Waals surface area contributed by atoms with Crippen LogP contribution in [0, 0.1) is 5.82 Å². The predicted octanol–water partition coefficient (Wildman–Crippen LogP) is 2.11. The highest BCUT2D eigenvalue weighted by Crippen LogP contribution is 2.27. The summed E-state index contributed by atoms with van der Waals surface area (Å²) in [5.41, 5.74) is 1.21. The fraction of sp³-hybridized carbons (Fsp3) is 0.444. The number of benzene rings is 1. The lowest BCUT2D eigenvalue weighted by atomic mass is 10.2. The summed E-state index contributed by atoms with van der Waals surface area (Å²) in [6.07, 6.45) is 1.71. The highest BCUT2D eigenvalue weighted by molar-refractivity contribution is 7.96. The van der Waals surface area contributed by atoms with Crippen molar-refractivity contribution >= 4 is 29.6 Å². The number of halogens is 1. The molecule has 140 valence electrons. The van der Waals surface area contributed by atoms with Crippen molar-refractivity contribution in [1.82, 2.24) is 13.5 Å². The van der Waals surface area contributed by atoms with Crippen LogP contribution in [0.25, 0.3) is 0 Å². The number of hydrogen-bond donors (Lipinski definition) is 0. The first-order valence-corrected chi connectivity index (χ1v) is 9.54. The number of anilines is 1. The van der Waals surface area contributed by atoms with Gasteiger partial charge in [0.15, 0.2) is 0 Å². The molecular weight excluding hydrogens is 355 g/mol. The van der Waals surface area contributed by atoms with E-state index in [-0.39, 0.29) is 23.2 Å². The lowest BCUT2D eigenvalue weighted by Crippen LogP contribution is -2.47. The fourth-order valence-corrected chi connectivity index (χ4v) is 3.82. The van der Waals surface area contributed by atoms with E-state index in [1.807, 2.05) is 18.7 Å². The lowest BCUT2D eigenvalue weighted by Gasteiger charge is -2.37. The van der Waals surface area contributed by atoms with Gasteiger partial charge in [0.25, 0.3) is 11.8 Å². The van der Waals surface area contributed by atoms with Gasteiger partial charge in [-0.2, -0.15) is 0 Å². The molecule has 2 saturated heterocycles. The summed E-state index contributed by atoms with van der Waals surface area (Å²) >= 11 is 1.18. The van der Waals surface area contributed by atoms with Gasteiger partial charge in [-0.3, -0.25) is 18.2 Å². The van der Waals surface area contributed by atoms with Gasteiger partial charge in [-0.25, -0.2) is 4.39 Å². The molecule has 0 saturated carbocycles. The van der Waals surface area contributed by atoms with Gasteiger partial charge < -0.3 is 9.80 Å². The molecule has 2 aliphatic heterocycles. The molecule has 2 amide bonds. The summed E-state index contributed by atoms with van der Waals surface area (Å²) in [6, 6.07) is 6.46. The molecule has 0 bridgehead atoms. The number of rotatable bonds is 4. The highest BCUT2D eigenvalue weighted by atomic mass is 32.2. The number of carbonyl (C=O) groups excluding carboxylic acids is 2. The van der Waals surface area contributed by atoms with Crippen molar-refractivity contribution in [2.24, 2.45) is 0 Å². The number of hydrogen-bond acceptors (Lipinski definition) is 5. The number of nitrogens with zero attached hydrogens (tertiary/aromatic N) is 4. The first kappa shape index (κ1) is 18.6. The molecule has 1 aromatic rings. The first-order valence-electron chi connectivity index (χ1n) is 8.81. The van der Waals surface area contributed by atoms with E-state index in [1.165, 1.54) is 24.3 Å². The number of amides is 2. The van der Waals surface area contributed by atoms with Gasteiger partial charge in [0.1, 0.15) is 11.4 Å².